The smallest absolute Gasteiger partial charge is 0.220 e. The van der Waals surface area contributed by atoms with Crippen LogP contribution in [-0.2, 0) is 17.9 Å². The van der Waals surface area contributed by atoms with Crippen molar-refractivity contribution in [1.29, 1.82) is 0 Å². The largest absolute Gasteiger partial charge is 0.495 e. The summed E-state index contributed by atoms with van der Waals surface area (Å²) in [5, 5.41) is 17.3. The number of halogens is 2. The van der Waals surface area contributed by atoms with Gasteiger partial charge in [-0.1, -0.05) is 47.5 Å². The summed E-state index contributed by atoms with van der Waals surface area (Å²) in [5.74, 6) is 1.33. The van der Waals surface area contributed by atoms with Crippen LogP contribution in [0.4, 0.5) is 0 Å². The Bertz CT molecular complexity index is 1860. The molecule has 3 aromatic heterocycles. The van der Waals surface area contributed by atoms with Gasteiger partial charge in [0.25, 0.3) is 0 Å². The Hall–Kier alpha value is -3.80. The Morgan fingerprint density at radius 3 is 2.51 bits per heavy atom. The van der Waals surface area contributed by atoms with Crippen molar-refractivity contribution in [2.45, 2.75) is 57.3 Å². The normalized spacial score (nSPS) is 20.2. The molecule has 10 nitrogen and oxygen atoms in total. The predicted molar refractivity (Wildman–Crippen MR) is 190 cm³/mol. The molecule has 256 valence electrons. The topological polar surface area (TPSA) is 122 Å². The minimum Gasteiger partial charge on any atom is -0.495 e. The maximum atomic E-state index is 11.7. The molecule has 0 radical (unpaired) electrons. The summed E-state index contributed by atoms with van der Waals surface area (Å²) < 4.78 is 11.4. The van der Waals surface area contributed by atoms with Gasteiger partial charge < -0.3 is 25.2 Å². The van der Waals surface area contributed by atoms with Crippen molar-refractivity contribution < 1.29 is 19.4 Å². The molecule has 12 heteroatoms. The van der Waals surface area contributed by atoms with Gasteiger partial charge in [-0.2, -0.15) is 0 Å². The van der Waals surface area contributed by atoms with E-state index >= 15 is 0 Å². The fourth-order valence-electron chi connectivity index (χ4n) is 7.37. The van der Waals surface area contributed by atoms with Gasteiger partial charge in [-0.25, -0.2) is 4.98 Å². The van der Waals surface area contributed by atoms with Crippen molar-refractivity contribution in [3.05, 3.63) is 76.2 Å². The summed E-state index contributed by atoms with van der Waals surface area (Å²) >= 11 is 14.2. The van der Waals surface area contributed by atoms with Crippen LogP contribution in [0.25, 0.3) is 33.6 Å². The Balaban J connectivity index is 1.10. The molecule has 0 unspecified atom stereocenters. The molecular weight excluding hydrogens is 663 g/mol. The Labute approximate surface area is 296 Å². The first-order valence-electron chi connectivity index (χ1n) is 16.7. The molecule has 4 aromatic rings. The number of likely N-dealkylation sites (tertiary alicyclic amines) is 1. The lowest BCUT2D eigenvalue weighted by molar-refractivity contribution is -0.120. The van der Waals surface area contributed by atoms with Crippen LogP contribution >= 0.6 is 23.2 Å². The maximum Gasteiger partial charge on any atom is 0.220 e. The van der Waals surface area contributed by atoms with Gasteiger partial charge in [0.05, 0.1) is 47.5 Å². The van der Waals surface area contributed by atoms with Crippen molar-refractivity contribution in [2.75, 3.05) is 33.9 Å². The van der Waals surface area contributed by atoms with Crippen LogP contribution in [-0.4, -0.2) is 76.9 Å². The minimum absolute atomic E-state index is 0.0596. The molecule has 3 N–H and O–H groups in total. The first-order chi connectivity index (χ1) is 23.8. The summed E-state index contributed by atoms with van der Waals surface area (Å²) in [6, 6.07) is 13.9. The van der Waals surface area contributed by atoms with Crippen LogP contribution < -0.4 is 20.1 Å². The monoisotopic (exact) mass is 702 g/mol. The number of pyridine rings is 3. The van der Waals surface area contributed by atoms with E-state index in [-0.39, 0.29) is 17.4 Å². The summed E-state index contributed by atoms with van der Waals surface area (Å²) in [7, 11) is 3.25. The lowest BCUT2D eigenvalue weighted by Gasteiger charge is -2.47. The molecule has 3 fully saturated rings. The third kappa shape index (κ3) is 6.98. The van der Waals surface area contributed by atoms with E-state index in [1.165, 1.54) is 0 Å². The molecule has 1 amide bonds. The first kappa shape index (κ1) is 33.7. The zero-order valence-electron chi connectivity index (χ0n) is 27.6. The van der Waals surface area contributed by atoms with E-state index in [0.717, 1.165) is 78.8 Å². The number of aliphatic hydroxyl groups is 1. The third-order valence-corrected chi connectivity index (χ3v) is 10.8. The minimum atomic E-state index is -0.194. The number of methoxy groups -OCH3 is 2. The van der Waals surface area contributed by atoms with Crippen LogP contribution in [0.5, 0.6) is 11.6 Å². The van der Waals surface area contributed by atoms with E-state index in [4.69, 9.17) is 42.6 Å². The van der Waals surface area contributed by atoms with Crippen molar-refractivity contribution in [3.63, 3.8) is 0 Å². The van der Waals surface area contributed by atoms with Crippen LogP contribution in [0.3, 0.4) is 0 Å². The van der Waals surface area contributed by atoms with E-state index in [1.807, 2.05) is 42.5 Å². The fourth-order valence-corrected chi connectivity index (χ4v) is 8.02. The number of nitrogens with one attached hydrogen (secondary N) is 2. The molecule has 2 saturated heterocycles. The number of hydrogen-bond acceptors (Lipinski definition) is 9. The second-order valence-corrected chi connectivity index (χ2v) is 14.2. The summed E-state index contributed by atoms with van der Waals surface area (Å²) in [5.41, 5.74) is 6.06. The predicted octanol–water partition coefficient (Wildman–Crippen LogP) is 5.91. The average molecular weight is 704 g/mol. The summed E-state index contributed by atoms with van der Waals surface area (Å²) in [4.78, 5) is 28.2. The first-order valence-corrected chi connectivity index (χ1v) is 17.4. The van der Waals surface area contributed by atoms with E-state index in [2.05, 4.69) is 20.5 Å². The molecule has 7 rings (SSSR count). The van der Waals surface area contributed by atoms with Gasteiger partial charge in [-0.3, -0.25) is 19.7 Å². The number of carbonyl (C=O) groups is 1. The maximum absolute atomic E-state index is 11.7. The van der Waals surface area contributed by atoms with Gasteiger partial charge in [0, 0.05) is 90.8 Å². The Kier molecular flexibility index (Phi) is 9.77. The van der Waals surface area contributed by atoms with Gasteiger partial charge in [-0.05, 0) is 43.9 Å². The zero-order valence-corrected chi connectivity index (χ0v) is 29.2. The molecule has 2 aliphatic heterocycles. The Morgan fingerprint density at radius 2 is 1.78 bits per heavy atom. The molecule has 49 heavy (non-hydrogen) atoms. The number of rotatable bonds is 10. The van der Waals surface area contributed by atoms with Gasteiger partial charge in [0.15, 0.2) is 0 Å². The van der Waals surface area contributed by atoms with Gasteiger partial charge in [0.2, 0.25) is 11.8 Å². The standard InChI is InChI=1S/C37H40Cl2N6O4/c1-48-31-14-23(16-42-30(31)17-41-24-7-9-25(46)10-8-24)35-34(39)27(12-13-40-35)26-4-3-5-28(33(26)38)29-11-6-22(36(44-29)49-2)18-45-20-37(21-45)15-32(47)43-19-37/h3-6,11-14,16,24-25,41,46H,7-10,15,17-21H2,1-2H3,(H,43,47). The van der Waals surface area contributed by atoms with Crippen LogP contribution in [0.1, 0.15) is 43.4 Å². The van der Waals surface area contributed by atoms with Crippen LogP contribution in [0.15, 0.2) is 54.9 Å². The molecule has 5 heterocycles. The van der Waals surface area contributed by atoms with E-state index in [0.29, 0.717) is 58.6 Å². The number of carbonyl (C=O) groups excluding carboxylic acids is 1. The van der Waals surface area contributed by atoms with Crippen LogP contribution in [0.2, 0.25) is 10.0 Å². The number of ether oxygens (including phenoxy) is 2. The Morgan fingerprint density at radius 1 is 1.00 bits per heavy atom. The van der Waals surface area contributed by atoms with Crippen molar-refractivity contribution in [1.82, 2.24) is 30.5 Å². The molecule has 1 aliphatic carbocycles. The van der Waals surface area contributed by atoms with E-state index in [1.54, 1.807) is 26.6 Å². The summed E-state index contributed by atoms with van der Waals surface area (Å²) in [6.07, 6.45) is 7.39. The second kappa shape index (κ2) is 14.2. The van der Waals surface area contributed by atoms with Gasteiger partial charge in [0.1, 0.15) is 5.75 Å². The highest BCUT2D eigenvalue weighted by molar-refractivity contribution is 6.39. The molecule has 0 atom stereocenters. The molecular formula is C37H40Cl2N6O4. The lowest BCUT2D eigenvalue weighted by atomic mass is 9.79. The fraction of sp³-hybridized carbons (Fsp3) is 0.405. The van der Waals surface area contributed by atoms with Crippen molar-refractivity contribution >= 4 is 29.1 Å². The average Bonchev–Trinajstić information content (AvgIpc) is 3.50. The van der Waals surface area contributed by atoms with Crippen molar-refractivity contribution in [3.8, 4) is 45.3 Å². The second-order valence-electron chi connectivity index (χ2n) is 13.4. The highest BCUT2D eigenvalue weighted by Gasteiger charge is 2.48. The number of nitrogens with zero attached hydrogens (tertiary/aromatic N) is 4. The SMILES string of the molecule is COc1cc(-c2nccc(-c3cccc(-c4ccc(CN5CC6(CNC(=O)C6)C5)c(OC)n4)c3Cl)c2Cl)cnc1CNC1CCC(O)CC1. The highest BCUT2D eigenvalue weighted by Crippen LogP contribution is 2.43. The molecule has 0 bridgehead atoms. The molecule has 1 spiro atoms. The van der Waals surface area contributed by atoms with E-state index in [9.17, 15) is 9.90 Å². The zero-order chi connectivity index (χ0) is 34.1. The number of amides is 1. The quantitative estimate of drug-likeness (QED) is 0.185. The number of aliphatic hydroxyl groups excluding tert-OH is 1. The third-order valence-electron chi connectivity index (χ3n) is 9.97. The number of aromatic nitrogens is 3. The van der Waals surface area contributed by atoms with E-state index < -0.39 is 0 Å². The van der Waals surface area contributed by atoms with Crippen molar-refractivity contribution in [2.24, 2.45) is 5.41 Å². The molecule has 1 saturated carbocycles. The number of benzene rings is 1. The van der Waals surface area contributed by atoms with Crippen LogP contribution in [0, 0.1) is 5.41 Å². The number of hydrogen-bond donors (Lipinski definition) is 3. The highest BCUT2D eigenvalue weighted by atomic mass is 35.5. The molecule has 1 aromatic carbocycles. The van der Waals surface area contributed by atoms with Gasteiger partial charge in [-0.15, -0.1) is 0 Å². The van der Waals surface area contributed by atoms with Gasteiger partial charge >= 0.3 is 0 Å². The lowest BCUT2D eigenvalue weighted by Crippen LogP contribution is -2.56. The summed E-state index contributed by atoms with van der Waals surface area (Å²) in [6.45, 7) is 3.74. The molecule has 3 aliphatic rings.